The van der Waals surface area contributed by atoms with E-state index in [9.17, 15) is 0 Å². The molecule has 28 heavy (non-hydrogen) atoms. The molecular formula is C22H20N6. The standard InChI is InChI=1S/C22H20N6/c1-4-5-6-14(2)15(3)27-22-18-9-16(7-8-19(18)24-13-25-22)17-10-20-21(23-11-17)12-26-28-20/h4-13,15H,1-2H2,3H3,(H,26,28)(H,24,25,27)/b6-5-. The highest BCUT2D eigenvalue weighted by atomic mass is 15.1. The van der Waals surface area contributed by atoms with Crippen molar-refractivity contribution >= 4 is 27.8 Å². The lowest BCUT2D eigenvalue weighted by Crippen LogP contribution is -2.17. The van der Waals surface area contributed by atoms with E-state index < -0.39 is 0 Å². The second-order valence-electron chi connectivity index (χ2n) is 6.52. The van der Waals surface area contributed by atoms with Crippen LogP contribution in [-0.4, -0.2) is 31.2 Å². The summed E-state index contributed by atoms with van der Waals surface area (Å²) in [7, 11) is 0. The number of pyridine rings is 1. The molecule has 1 aromatic carbocycles. The number of hydrogen-bond acceptors (Lipinski definition) is 5. The zero-order chi connectivity index (χ0) is 19.5. The Morgan fingerprint density at radius 3 is 2.86 bits per heavy atom. The van der Waals surface area contributed by atoms with E-state index >= 15 is 0 Å². The van der Waals surface area contributed by atoms with Gasteiger partial charge in [0.2, 0.25) is 0 Å². The number of rotatable bonds is 6. The molecule has 0 aliphatic rings. The van der Waals surface area contributed by atoms with Crippen LogP contribution in [0.3, 0.4) is 0 Å². The van der Waals surface area contributed by atoms with Crippen molar-refractivity contribution < 1.29 is 0 Å². The van der Waals surface area contributed by atoms with E-state index in [1.54, 1.807) is 18.6 Å². The van der Waals surface area contributed by atoms with Crippen molar-refractivity contribution in [2.45, 2.75) is 13.0 Å². The van der Waals surface area contributed by atoms with Crippen LogP contribution in [0, 0.1) is 0 Å². The topological polar surface area (TPSA) is 79.4 Å². The SMILES string of the molecule is C=C/C=C\C(=C)C(C)Nc1ncnc2ccc(-c3cnc4cn[nH]c4c3)cc12. The van der Waals surface area contributed by atoms with E-state index in [1.165, 1.54) is 0 Å². The molecule has 0 saturated heterocycles. The molecule has 3 heterocycles. The highest BCUT2D eigenvalue weighted by Crippen LogP contribution is 2.28. The lowest BCUT2D eigenvalue weighted by molar-refractivity contribution is 0.944. The van der Waals surface area contributed by atoms with Gasteiger partial charge < -0.3 is 5.32 Å². The van der Waals surface area contributed by atoms with Crippen LogP contribution in [0.5, 0.6) is 0 Å². The fourth-order valence-corrected chi connectivity index (χ4v) is 2.97. The summed E-state index contributed by atoms with van der Waals surface area (Å²) in [5.41, 5.74) is 5.59. The number of hydrogen-bond donors (Lipinski definition) is 2. The van der Waals surface area contributed by atoms with Crippen molar-refractivity contribution in [2.24, 2.45) is 0 Å². The summed E-state index contributed by atoms with van der Waals surface area (Å²) in [6, 6.07) is 8.16. The number of aromatic nitrogens is 5. The number of fused-ring (bicyclic) bond motifs is 2. The monoisotopic (exact) mass is 368 g/mol. The first-order valence-electron chi connectivity index (χ1n) is 8.94. The minimum Gasteiger partial charge on any atom is -0.363 e. The van der Waals surface area contributed by atoms with E-state index in [-0.39, 0.29) is 6.04 Å². The second kappa shape index (κ2) is 7.44. The van der Waals surface area contributed by atoms with E-state index in [0.29, 0.717) is 0 Å². The Bertz CT molecular complexity index is 1200. The largest absolute Gasteiger partial charge is 0.363 e. The Kier molecular flexibility index (Phi) is 4.68. The van der Waals surface area contributed by atoms with Crippen LogP contribution in [0.15, 0.2) is 79.9 Å². The Labute approximate surface area is 162 Å². The number of nitrogens with zero attached hydrogens (tertiary/aromatic N) is 4. The molecule has 0 amide bonds. The summed E-state index contributed by atoms with van der Waals surface area (Å²) in [6.45, 7) is 9.84. The molecule has 0 aliphatic heterocycles. The molecule has 2 N–H and O–H groups in total. The first-order valence-corrected chi connectivity index (χ1v) is 8.94. The summed E-state index contributed by atoms with van der Waals surface area (Å²) in [5, 5.41) is 11.4. The van der Waals surface area contributed by atoms with Crippen molar-refractivity contribution in [3.63, 3.8) is 0 Å². The first-order chi connectivity index (χ1) is 13.7. The minimum atomic E-state index is 0.0148. The molecule has 0 spiro atoms. The van der Waals surface area contributed by atoms with E-state index in [1.807, 2.05) is 43.5 Å². The summed E-state index contributed by atoms with van der Waals surface area (Å²) >= 11 is 0. The number of benzene rings is 1. The van der Waals surface area contributed by atoms with Crippen LogP contribution >= 0.6 is 0 Å². The first kappa shape index (κ1) is 17.6. The van der Waals surface area contributed by atoms with Crippen LogP contribution in [0.2, 0.25) is 0 Å². The molecule has 4 rings (SSSR count). The highest BCUT2D eigenvalue weighted by molar-refractivity contribution is 5.93. The predicted octanol–water partition coefficient (Wildman–Crippen LogP) is 4.67. The van der Waals surface area contributed by atoms with Crippen LogP contribution < -0.4 is 5.32 Å². The van der Waals surface area contributed by atoms with E-state index in [0.717, 1.165) is 44.5 Å². The number of allylic oxidation sites excluding steroid dienone is 2. The molecule has 6 nitrogen and oxygen atoms in total. The van der Waals surface area contributed by atoms with Gasteiger partial charge in [-0.15, -0.1) is 0 Å². The third kappa shape index (κ3) is 3.40. The van der Waals surface area contributed by atoms with Gasteiger partial charge in [0.15, 0.2) is 0 Å². The molecule has 0 bridgehead atoms. The molecule has 138 valence electrons. The van der Waals surface area contributed by atoms with E-state index in [4.69, 9.17) is 0 Å². The molecule has 0 saturated carbocycles. The molecule has 4 aromatic rings. The van der Waals surface area contributed by atoms with Crippen molar-refractivity contribution in [3.8, 4) is 11.1 Å². The van der Waals surface area contributed by atoms with Crippen LogP contribution in [-0.2, 0) is 0 Å². The molecule has 0 radical (unpaired) electrons. The van der Waals surface area contributed by atoms with Gasteiger partial charge in [-0.05, 0) is 36.3 Å². The van der Waals surface area contributed by atoms with Gasteiger partial charge in [-0.1, -0.05) is 37.5 Å². The number of H-pyrrole nitrogens is 1. The lowest BCUT2D eigenvalue weighted by Gasteiger charge is -2.16. The molecule has 3 aromatic heterocycles. The summed E-state index contributed by atoms with van der Waals surface area (Å²) in [4.78, 5) is 13.3. The zero-order valence-electron chi connectivity index (χ0n) is 15.6. The lowest BCUT2D eigenvalue weighted by atomic mass is 10.0. The Morgan fingerprint density at radius 2 is 2.00 bits per heavy atom. The minimum absolute atomic E-state index is 0.0148. The maximum absolute atomic E-state index is 4.45. The molecule has 0 fully saturated rings. The van der Waals surface area contributed by atoms with Gasteiger partial charge in [-0.25, -0.2) is 9.97 Å². The van der Waals surface area contributed by atoms with E-state index in [2.05, 4.69) is 49.7 Å². The Balaban J connectivity index is 1.72. The van der Waals surface area contributed by atoms with Crippen molar-refractivity contribution in [2.75, 3.05) is 5.32 Å². The third-order valence-electron chi connectivity index (χ3n) is 4.61. The smallest absolute Gasteiger partial charge is 0.137 e. The molecule has 6 heteroatoms. The van der Waals surface area contributed by atoms with Crippen LogP contribution in [0.4, 0.5) is 5.82 Å². The van der Waals surface area contributed by atoms with Crippen molar-refractivity contribution in [3.05, 3.63) is 79.9 Å². The summed E-state index contributed by atoms with van der Waals surface area (Å²) in [6.07, 6.45) is 10.7. The summed E-state index contributed by atoms with van der Waals surface area (Å²) < 4.78 is 0. The van der Waals surface area contributed by atoms with Gasteiger partial charge in [-0.3, -0.25) is 10.1 Å². The quantitative estimate of drug-likeness (QED) is 0.484. The van der Waals surface area contributed by atoms with Gasteiger partial charge in [0.05, 0.1) is 17.2 Å². The molecular weight excluding hydrogens is 348 g/mol. The van der Waals surface area contributed by atoms with Gasteiger partial charge in [-0.2, -0.15) is 5.10 Å². The number of nitrogens with one attached hydrogen (secondary N) is 2. The van der Waals surface area contributed by atoms with Gasteiger partial charge in [0, 0.05) is 23.2 Å². The zero-order valence-corrected chi connectivity index (χ0v) is 15.6. The van der Waals surface area contributed by atoms with Gasteiger partial charge in [0.1, 0.15) is 17.7 Å². The maximum Gasteiger partial charge on any atom is 0.137 e. The maximum atomic E-state index is 4.45. The van der Waals surface area contributed by atoms with Gasteiger partial charge in [0.25, 0.3) is 0 Å². The normalized spacial score (nSPS) is 12.5. The Morgan fingerprint density at radius 1 is 1.11 bits per heavy atom. The number of aromatic amines is 1. The van der Waals surface area contributed by atoms with Crippen molar-refractivity contribution in [1.29, 1.82) is 0 Å². The van der Waals surface area contributed by atoms with Crippen LogP contribution in [0.25, 0.3) is 33.1 Å². The fourth-order valence-electron chi connectivity index (χ4n) is 2.97. The predicted molar refractivity (Wildman–Crippen MR) is 114 cm³/mol. The highest BCUT2D eigenvalue weighted by Gasteiger charge is 2.11. The molecule has 0 aliphatic carbocycles. The van der Waals surface area contributed by atoms with Crippen LogP contribution in [0.1, 0.15) is 6.92 Å². The fraction of sp³-hybridized carbons (Fsp3) is 0.0909. The van der Waals surface area contributed by atoms with Gasteiger partial charge >= 0.3 is 0 Å². The third-order valence-corrected chi connectivity index (χ3v) is 4.61. The Hall–Kier alpha value is -3.80. The molecule has 1 unspecified atom stereocenters. The summed E-state index contributed by atoms with van der Waals surface area (Å²) in [5.74, 6) is 0.767. The average Bonchev–Trinajstić information content (AvgIpc) is 3.19. The average molecular weight is 368 g/mol. The second-order valence-corrected chi connectivity index (χ2v) is 6.52. The molecule has 1 atom stereocenters. The number of anilines is 1. The van der Waals surface area contributed by atoms with Crippen molar-refractivity contribution in [1.82, 2.24) is 25.1 Å².